The number of hydrogen-bond acceptors (Lipinski definition) is 2. The van der Waals surface area contributed by atoms with Crippen LogP contribution in [0.3, 0.4) is 0 Å². The van der Waals surface area contributed by atoms with Gasteiger partial charge in [-0.1, -0.05) is 44.2 Å². The van der Waals surface area contributed by atoms with Crippen LogP contribution >= 0.6 is 0 Å². The highest BCUT2D eigenvalue weighted by Crippen LogP contribution is 2.41. The summed E-state index contributed by atoms with van der Waals surface area (Å²) in [5, 5.41) is 3.79. The highest BCUT2D eigenvalue weighted by Gasteiger charge is 2.42. The molecule has 0 radical (unpaired) electrons. The molecule has 3 unspecified atom stereocenters. The van der Waals surface area contributed by atoms with Gasteiger partial charge in [-0.25, -0.2) is 0 Å². The highest BCUT2D eigenvalue weighted by molar-refractivity contribution is 5.25. The van der Waals surface area contributed by atoms with Crippen molar-refractivity contribution < 1.29 is 0 Å². The summed E-state index contributed by atoms with van der Waals surface area (Å²) in [6.45, 7) is 11.8. The lowest BCUT2D eigenvalue weighted by molar-refractivity contribution is 0.0523. The molecule has 0 bridgehead atoms. The van der Waals surface area contributed by atoms with Crippen LogP contribution in [-0.4, -0.2) is 30.1 Å². The Labute approximate surface area is 129 Å². The molecule has 0 aromatic heterocycles. The lowest BCUT2D eigenvalue weighted by atomic mass is 9.86. The Hall–Kier alpha value is -0.860. The quantitative estimate of drug-likeness (QED) is 0.890. The Morgan fingerprint density at radius 2 is 1.86 bits per heavy atom. The maximum atomic E-state index is 3.79. The monoisotopic (exact) mass is 286 g/mol. The third-order valence-corrected chi connectivity index (χ3v) is 5.68. The summed E-state index contributed by atoms with van der Waals surface area (Å²) in [6.07, 6.45) is 4.08. The average Bonchev–Trinajstić information content (AvgIpc) is 2.83. The molecule has 1 heterocycles. The maximum absolute atomic E-state index is 3.79. The van der Waals surface area contributed by atoms with Crippen molar-refractivity contribution >= 4 is 0 Å². The van der Waals surface area contributed by atoms with E-state index in [-0.39, 0.29) is 5.54 Å². The lowest BCUT2D eigenvalue weighted by Gasteiger charge is -2.48. The van der Waals surface area contributed by atoms with Crippen LogP contribution in [0.15, 0.2) is 30.3 Å². The summed E-state index contributed by atoms with van der Waals surface area (Å²) in [5.41, 5.74) is 2.03. The summed E-state index contributed by atoms with van der Waals surface area (Å²) in [7, 11) is 0. The first-order valence-electron chi connectivity index (χ1n) is 8.46. The molecule has 1 aliphatic carbocycles. The van der Waals surface area contributed by atoms with E-state index >= 15 is 0 Å². The minimum absolute atomic E-state index is 0.0838. The smallest absolute Gasteiger partial charge is 0.0535 e. The van der Waals surface area contributed by atoms with Crippen LogP contribution in [0.5, 0.6) is 0 Å². The van der Waals surface area contributed by atoms with E-state index in [1.165, 1.54) is 24.8 Å². The summed E-state index contributed by atoms with van der Waals surface area (Å²) in [4.78, 5) is 2.78. The first-order chi connectivity index (χ1) is 9.90. The van der Waals surface area contributed by atoms with E-state index < -0.39 is 0 Å². The Kier molecular flexibility index (Phi) is 3.87. The van der Waals surface area contributed by atoms with E-state index in [2.05, 4.69) is 68.2 Å². The van der Waals surface area contributed by atoms with Crippen LogP contribution in [0.25, 0.3) is 0 Å². The van der Waals surface area contributed by atoms with E-state index in [4.69, 9.17) is 0 Å². The number of nitrogens with one attached hydrogen (secondary N) is 1. The van der Waals surface area contributed by atoms with Gasteiger partial charge in [0, 0.05) is 25.2 Å². The Balaban J connectivity index is 1.79. The molecule has 3 atom stereocenters. The predicted octanol–water partition coefficient (Wildman–Crippen LogP) is 3.77. The zero-order valence-electron chi connectivity index (χ0n) is 14.0. The van der Waals surface area contributed by atoms with Crippen LogP contribution in [0.4, 0.5) is 0 Å². The Morgan fingerprint density at radius 1 is 1.14 bits per heavy atom. The number of hydrogen-bond donors (Lipinski definition) is 1. The van der Waals surface area contributed by atoms with Gasteiger partial charge in [-0.3, -0.25) is 4.90 Å². The average molecular weight is 286 g/mol. The molecule has 1 aliphatic heterocycles. The number of rotatable bonds is 2. The lowest BCUT2D eigenvalue weighted by Crippen LogP contribution is -2.62. The van der Waals surface area contributed by atoms with Gasteiger partial charge in [-0.05, 0) is 44.1 Å². The molecule has 1 aromatic rings. The molecule has 0 amide bonds. The van der Waals surface area contributed by atoms with Crippen LogP contribution in [-0.2, 0) is 5.54 Å². The van der Waals surface area contributed by atoms with Gasteiger partial charge < -0.3 is 5.32 Å². The second-order valence-corrected chi connectivity index (χ2v) is 8.16. The van der Waals surface area contributed by atoms with Crippen molar-refractivity contribution in [2.45, 2.75) is 64.6 Å². The van der Waals surface area contributed by atoms with Crippen LogP contribution in [0.1, 0.15) is 52.5 Å². The Bertz CT molecular complexity index is 482. The molecule has 21 heavy (non-hydrogen) atoms. The normalized spacial score (nSPS) is 36.8. The fraction of sp³-hybridized carbons (Fsp3) is 0.684. The van der Waals surface area contributed by atoms with Gasteiger partial charge in [-0.2, -0.15) is 0 Å². The molecular formula is C19H30N2. The van der Waals surface area contributed by atoms with Crippen molar-refractivity contribution in [3.63, 3.8) is 0 Å². The number of nitrogens with zero attached hydrogens (tertiary/aromatic N) is 1. The first-order valence-corrected chi connectivity index (χ1v) is 8.46. The fourth-order valence-electron chi connectivity index (χ4n) is 4.24. The zero-order chi connectivity index (χ0) is 15.1. The molecule has 1 N–H and O–H groups in total. The largest absolute Gasteiger partial charge is 0.305 e. The van der Waals surface area contributed by atoms with Crippen molar-refractivity contribution in [1.29, 1.82) is 0 Å². The minimum atomic E-state index is 0.0838. The SMILES string of the molecule is CC1CNC(C)(c2ccccc2)CN1C1CCC(C)(C)C1. The van der Waals surface area contributed by atoms with E-state index in [0.29, 0.717) is 11.5 Å². The van der Waals surface area contributed by atoms with Crippen molar-refractivity contribution in [1.82, 2.24) is 10.2 Å². The third-order valence-electron chi connectivity index (χ3n) is 5.68. The maximum Gasteiger partial charge on any atom is 0.0535 e. The van der Waals surface area contributed by atoms with Gasteiger partial charge in [0.2, 0.25) is 0 Å². The summed E-state index contributed by atoms with van der Waals surface area (Å²) in [5.74, 6) is 0. The van der Waals surface area contributed by atoms with E-state index in [1.807, 2.05) is 0 Å². The third kappa shape index (κ3) is 3.02. The molecule has 2 aliphatic rings. The fourth-order valence-corrected chi connectivity index (χ4v) is 4.24. The topological polar surface area (TPSA) is 15.3 Å². The molecule has 1 saturated heterocycles. The van der Waals surface area contributed by atoms with Gasteiger partial charge in [0.1, 0.15) is 0 Å². The second kappa shape index (κ2) is 5.40. The van der Waals surface area contributed by atoms with Gasteiger partial charge in [0.25, 0.3) is 0 Å². The number of piperazine rings is 1. The molecule has 116 valence electrons. The van der Waals surface area contributed by atoms with Gasteiger partial charge in [0.15, 0.2) is 0 Å². The molecule has 2 fully saturated rings. The zero-order valence-corrected chi connectivity index (χ0v) is 14.0. The van der Waals surface area contributed by atoms with Crippen LogP contribution in [0.2, 0.25) is 0 Å². The van der Waals surface area contributed by atoms with Crippen LogP contribution < -0.4 is 5.32 Å². The number of benzene rings is 1. The molecule has 2 nitrogen and oxygen atoms in total. The van der Waals surface area contributed by atoms with Gasteiger partial charge in [0.05, 0.1) is 5.54 Å². The van der Waals surface area contributed by atoms with Crippen molar-refractivity contribution in [2.75, 3.05) is 13.1 Å². The second-order valence-electron chi connectivity index (χ2n) is 8.16. The molecule has 0 spiro atoms. The Morgan fingerprint density at radius 3 is 2.48 bits per heavy atom. The van der Waals surface area contributed by atoms with Crippen molar-refractivity contribution in [3.05, 3.63) is 35.9 Å². The van der Waals surface area contributed by atoms with Crippen LogP contribution in [0, 0.1) is 5.41 Å². The summed E-state index contributed by atoms with van der Waals surface area (Å²) >= 11 is 0. The van der Waals surface area contributed by atoms with E-state index in [1.54, 1.807) is 0 Å². The van der Waals surface area contributed by atoms with Gasteiger partial charge in [-0.15, -0.1) is 0 Å². The molecule has 2 heteroatoms. The van der Waals surface area contributed by atoms with Crippen molar-refractivity contribution in [3.8, 4) is 0 Å². The molecule has 3 rings (SSSR count). The predicted molar refractivity (Wildman–Crippen MR) is 89.4 cm³/mol. The van der Waals surface area contributed by atoms with Crippen molar-refractivity contribution in [2.24, 2.45) is 5.41 Å². The standard InChI is InChI=1S/C19H30N2/c1-15-13-20-19(4,16-8-6-5-7-9-16)14-21(15)17-10-11-18(2,3)12-17/h5-9,15,17,20H,10-14H2,1-4H3. The summed E-state index contributed by atoms with van der Waals surface area (Å²) < 4.78 is 0. The van der Waals surface area contributed by atoms with E-state index in [0.717, 1.165) is 19.1 Å². The highest BCUT2D eigenvalue weighted by atomic mass is 15.3. The minimum Gasteiger partial charge on any atom is -0.305 e. The first kappa shape index (κ1) is 15.1. The molecule has 1 saturated carbocycles. The van der Waals surface area contributed by atoms with Gasteiger partial charge >= 0.3 is 0 Å². The summed E-state index contributed by atoms with van der Waals surface area (Å²) in [6, 6.07) is 12.3. The molecule has 1 aromatic carbocycles. The van der Waals surface area contributed by atoms with E-state index in [9.17, 15) is 0 Å². The molecular weight excluding hydrogens is 256 g/mol.